The van der Waals surface area contributed by atoms with Gasteiger partial charge in [-0.2, -0.15) is 15.4 Å². The Morgan fingerprint density at radius 2 is 2.30 bits per heavy atom. The van der Waals surface area contributed by atoms with E-state index < -0.39 is 0 Å². The van der Waals surface area contributed by atoms with E-state index in [4.69, 9.17) is 14.7 Å². The summed E-state index contributed by atoms with van der Waals surface area (Å²) in [6, 6.07) is 2.09. The number of aromatic nitrogens is 2. The Balaban J connectivity index is 1.99. The van der Waals surface area contributed by atoms with Gasteiger partial charge in [0.2, 0.25) is 0 Å². The van der Waals surface area contributed by atoms with Crippen LogP contribution >= 0.6 is 0 Å². The van der Waals surface area contributed by atoms with Crippen LogP contribution in [0.4, 0.5) is 5.82 Å². The molecular formula is C13H19N5O2. The molecule has 0 amide bonds. The molecule has 2 heterocycles. The topological polar surface area (TPSA) is 75.7 Å². The summed E-state index contributed by atoms with van der Waals surface area (Å²) in [5.74, 6) is 0.550. The van der Waals surface area contributed by atoms with E-state index in [0.29, 0.717) is 24.5 Å². The average molecular weight is 277 g/mol. The number of aliphatic imine (C=N–C) groups is 1. The van der Waals surface area contributed by atoms with Crippen LogP contribution in [0.5, 0.6) is 0 Å². The van der Waals surface area contributed by atoms with Crippen LogP contribution in [0.25, 0.3) is 0 Å². The Morgan fingerprint density at radius 3 is 3.00 bits per heavy atom. The van der Waals surface area contributed by atoms with Crippen molar-refractivity contribution in [1.82, 2.24) is 14.7 Å². The lowest BCUT2D eigenvalue weighted by molar-refractivity contribution is 0.0360. The highest BCUT2D eigenvalue weighted by Crippen LogP contribution is 2.17. The first kappa shape index (κ1) is 14.5. The van der Waals surface area contributed by atoms with Crippen molar-refractivity contribution in [3.8, 4) is 6.07 Å². The predicted molar refractivity (Wildman–Crippen MR) is 74.0 cm³/mol. The van der Waals surface area contributed by atoms with Crippen LogP contribution in [0.15, 0.2) is 11.2 Å². The number of hydrogen-bond acceptors (Lipinski definition) is 6. The summed E-state index contributed by atoms with van der Waals surface area (Å²) in [5.41, 5.74) is 0.461. The maximum Gasteiger partial charge on any atom is 0.176 e. The summed E-state index contributed by atoms with van der Waals surface area (Å²) in [6.45, 7) is 7.41. The SMILES string of the molecule is CCO/C=N/c1c(C#N)cnn1CCN1CCOCC1. The molecule has 0 bridgehead atoms. The molecule has 108 valence electrons. The molecule has 2 rings (SSSR count). The molecule has 0 unspecified atom stereocenters. The zero-order valence-electron chi connectivity index (χ0n) is 11.7. The van der Waals surface area contributed by atoms with Gasteiger partial charge in [-0.25, -0.2) is 4.68 Å². The smallest absolute Gasteiger partial charge is 0.176 e. The summed E-state index contributed by atoms with van der Waals surface area (Å²) >= 11 is 0. The minimum Gasteiger partial charge on any atom is -0.483 e. The van der Waals surface area contributed by atoms with Crippen molar-refractivity contribution in [1.29, 1.82) is 5.26 Å². The van der Waals surface area contributed by atoms with Gasteiger partial charge < -0.3 is 9.47 Å². The van der Waals surface area contributed by atoms with E-state index >= 15 is 0 Å². The molecule has 1 aromatic rings. The van der Waals surface area contributed by atoms with Gasteiger partial charge in [0.15, 0.2) is 12.2 Å². The van der Waals surface area contributed by atoms with Gasteiger partial charge in [-0.05, 0) is 6.92 Å². The third kappa shape index (κ3) is 3.79. The Morgan fingerprint density at radius 1 is 1.50 bits per heavy atom. The molecule has 0 atom stereocenters. The monoisotopic (exact) mass is 277 g/mol. The van der Waals surface area contributed by atoms with Crippen molar-refractivity contribution < 1.29 is 9.47 Å². The number of hydrogen-bond donors (Lipinski definition) is 0. The van der Waals surface area contributed by atoms with E-state index in [1.165, 1.54) is 12.6 Å². The zero-order valence-corrected chi connectivity index (χ0v) is 11.7. The minimum absolute atomic E-state index is 0.461. The predicted octanol–water partition coefficient (Wildman–Crippen LogP) is 0.783. The van der Waals surface area contributed by atoms with Crippen LogP contribution in [0.3, 0.4) is 0 Å². The maximum atomic E-state index is 9.06. The first-order valence-electron chi connectivity index (χ1n) is 6.75. The quantitative estimate of drug-likeness (QED) is 0.567. The summed E-state index contributed by atoms with van der Waals surface area (Å²) < 4.78 is 12.1. The van der Waals surface area contributed by atoms with Gasteiger partial charge >= 0.3 is 0 Å². The first-order chi connectivity index (χ1) is 9.85. The molecule has 0 radical (unpaired) electrons. The second-order valence-electron chi connectivity index (χ2n) is 4.36. The van der Waals surface area contributed by atoms with Crippen LogP contribution < -0.4 is 0 Å². The molecular weight excluding hydrogens is 258 g/mol. The highest BCUT2D eigenvalue weighted by atomic mass is 16.5. The summed E-state index contributed by atoms with van der Waals surface area (Å²) in [6.07, 6.45) is 2.90. The fourth-order valence-corrected chi connectivity index (χ4v) is 1.98. The molecule has 0 spiro atoms. The Labute approximate surface area is 118 Å². The van der Waals surface area contributed by atoms with Crippen molar-refractivity contribution in [2.75, 3.05) is 39.5 Å². The average Bonchev–Trinajstić information content (AvgIpc) is 2.89. The van der Waals surface area contributed by atoms with Crippen LogP contribution in [0.2, 0.25) is 0 Å². The van der Waals surface area contributed by atoms with Gasteiger partial charge in [0, 0.05) is 19.6 Å². The van der Waals surface area contributed by atoms with E-state index in [9.17, 15) is 0 Å². The highest BCUT2D eigenvalue weighted by Gasteiger charge is 2.13. The number of ether oxygens (including phenoxy) is 2. The number of nitrogens with zero attached hydrogens (tertiary/aromatic N) is 5. The molecule has 0 aromatic carbocycles. The van der Waals surface area contributed by atoms with Crippen molar-refractivity contribution in [3.05, 3.63) is 11.8 Å². The van der Waals surface area contributed by atoms with Gasteiger partial charge in [-0.15, -0.1) is 0 Å². The molecule has 1 fully saturated rings. The lowest BCUT2D eigenvalue weighted by Gasteiger charge is -2.26. The van der Waals surface area contributed by atoms with E-state index in [1.807, 2.05) is 6.92 Å². The highest BCUT2D eigenvalue weighted by molar-refractivity contribution is 5.58. The summed E-state index contributed by atoms with van der Waals surface area (Å²) in [5, 5.41) is 13.3. The maximum absolute atomic E-state index is 9.06. The molecule has 0 saturated carbocycles. The van der Waals surface area contributed by atoms with E-state index in [-0.39, 0.29) is 0 Å². The second-order valence-corrected chi connectivity index (χ2v) is 4.36. The lowest BCUT2D eigenvalue weighted by atomic mass is 10.3. The van der Waals surface area contributed by atoms with Crippen molar-refractivity contribution in [2.24, 2.45) is 4.99 Å². The van der Waals surface area contributed by atoms with E-state index in [2.05, 4.69) is 21.1 Å². The van der Waals surface area contributed by atoms with Crippen LogP contribution in [0, 0.1) is 11.3 Å². The Bertz CT molecular complexity index is 485. The van der Waals surface area contributed by atoms with E-state index in [0.717, 1.165) is 32.8 Å². The second kappa shape index (κ2) is 7.62. The molecule has 7 heteroatoms. The first-order valence-corrected chi connectivity index (χ1v) is 6.75. The summed E-state index contributed by atoms with van der Waals surface area (Å²) in [7, 11) is 0. The third-order valence-corrected chi connectivity index (χ3v) is 3.08. The molecule has 7 nitrogen and oxygen atoms in total. The van der Waals surface area contributed by atoms with Crippen molar-refractivity contribution >= 4 is 12.2 Å². The molecule has 0 aliphatic carbocycles. The van der Waals surface area contributed by atoms with E-state index in [1.54, 1.807) is 4.68 Å². The normalized spacial score (nSPS) is 16.4. The van der Waals surface area contributed by atoms with Crippen LogP contribution in [-0.4, -0.2) is 60.5 Å². The largest absolute Gasteiger partial charge is 0.483 e. The Kier molecular flexibility index (Phi) is 5.53. The lowest BCUT2D eigenvalue weighted by Crippen LogP contribution is -2.38. The standard InChI is InChI=1S/C13H19N5O2/c1-2-19-11-15-13-12(9-14)10-16-18(13)4-3-17-5-7-20-8-6-17/h10-11H,2-8H2,1H3/b15-11+. The summed E-state index contributed by atoms with van der Waals surface area (Å²) in [4.78, 5) is 6.49. The number of morpholine rings is 1. The van der Waals surface area contributed by atoms with Gasteiger partial charge in [0.05, 0.1) is 32.6 Å². The molecule has 0 N–H and O–H groups in total. The van der Waals surface area contributed by atoms with Crippen LogP contribution in [-0.2, 0) is 16.0 Å². The van der Waals surface area contributed by atoms with Crippen molar-refractivity contribution in [2.45, 2.75) is 13.5 Å². The van der Waals surface area contributed by atoms with Crippen LogP contribution in [0.1, 0.15) is 12.5 Å². The van der Waals surface area contributed by atoms with Gasteiger partial charge in [0.1, 0.15) is 11.6 Å². The fourth-order valence-electron chi connectivity index (χ4n) is 1.98. The number of rotatable bonds is 6. The molecule has 20 heavy (non-hydrogen) atoms. The van der Waals surface area contributed by atoms with Gasteiger partial charge in [-0.1, -0.05) is 0 Å². The molecule has 1 aromatic heterocycles. The third-order valence-electron chi connectivity index (χ3n) is 3.08. The minimum atomic E-state index is 0.461. The van der Waals surface area contributed by atoms with Crippen molar-refractivity contribution in [3.63, 3.8) is 0 Å². The Hall–Kier alpha value is -1.91. The molecule has 1 saturated heterocycles. The zero-order chi connectivity index (χ0) is 14.2. The van der Waals surface area contributed by atoms with Gasteiger partial charge in [-0.3, -0.25) is 4.90 Å². The fraction of sp³-hybridized carbons (Fsp3) is 0.615. The molecule has 1 aliphatic rings. The number of nitriles is 1. The van der Waals surface area contributed by atoms with Gasteiger partial charge in [0.25, 0.3) is 0 Å². The molecule has 1 aliphatic heterocycles.